The van der Waals surface area contributed by atoms with Gasteiger partial charge in [0.1, 0.15) is 6.67 Å². The summed E-state index contributed by atoms with van der Waals surface area (Å²) in [5.74, 6) is -1.60. The number of ether oxygens (including phenoxy) is 1. The number of rotatable bonds is 5. The lowest BCUT2D eigenvalue weighted by Crippen LogP contribution is -2.44. The summed E-state index contributed by atoms with van der Waals surface area (Å²) in [5.41, 5.74) is 0.692. The van der Waals surface area contributed by atoms with Gasteiger partial charge in [0.25, 0.3) is 0 Å². The van der Waals surface area contributed by atoms with Crippen LogP contribution in [-0.4, -0.2) is 61.4 Å². The number of piperidine rings is 1. The Hall–Kier alpha value is -1.11. The minimum absolute atomic E-state index is 0.0974. The first-order valence-corrected chi connectivity index (χ1v) is 8.58. The van der Waals surface area contributed by atoms with Gasteiger partial charge in [-0.05, 0) is 44.0 Å². The predicted molar refractivity (Wildman–Crippen MR) is 86.6 cm³/mol. The van der Waals surface area contributed by atoms with Gasteiger partial charge in [0.15, 0.2) is 11.6 Å². The lowest BCUT2D eigenvalue weighted by molar-refractivity contribution is -0.0452. The second-order valence-electron chi connectivity index (χ2n) is 7.05. The van der Waals surface area contributed by atoms with E-state index in [1.54, 1.807) is 6.07 Å². The largest absolute Gasteiger partial charge is 0.373 e. The topological polar surface area (TPSA) is 15.7 Å². The van der Waals surface area contributed by atoms with Crippen LogP contribution >= 0.6 is 0 Å². The third kappa shape index (κ3) is 3.92. The molecule has 2 aliphatic rings. The highest BCUT2D eigenvalue weighted by Crippen LogP contribution is 2.37. The number of likely N-dealkylation sites (tertiary alicyclic amines) is 1. The molecule has 0 saturated carbocycles. The van der Waals surface area contributed by atoms with Crippen molar-refractivity contribution in [1.82, 2.24) is 9.80 Å². The van der Waals surface area contributed by atoms with Crippen LogP contribution in [0.3, 0.4) is 0 Å². The van der Waals surface area contributed by atoms with Crippen molar-refractivity contribution in [2.24, 2.45) is 0 Å². The number of hydrogen-bond acceptors (Lipinski definition) is 3. The summed E-state index contributed by atoms with van der Waals surface area (Å²) in [6.07, 6.45) is 2.80. The van der Waals surface area contributed by atoms with Gasteiger partial charge in [-0.3, -0.25) is 9.80 Å². The molecule has 3 nitrogen and oxygen atoms in total. The maximum atomic E-state index is 13.3. The molecule has 0 amide bonds. The van der Waals surface area contributed by atoms with Crippen molar-refractivity contribution in [3.8, 4) is 0 Å². The van der Waals surface area contributed by atoms with E-state index in [0.717, 1.165) is 37.9 Å². The van der Waals surface area contributed by atoms with Gasteiger partial charge in [-0.1, -0.05) is 6.07 Å². The Morgan fingerprint density at radius 3 is 2.67 bits per heavy atom. The molecule has 2 aliphatic heterocycles. The Morgan fingerprint density at radius 2 is 2.00 bits per heavy atom. The molecule has 6 heteroatoms. The third-order valence-electron chi connectivity index (χ3n) is 5.41. The molecular weight excluding hydrogens is 317 g/mol. The van der Waals surface area contributed by atoms with E-state index < -0.39 is 11.6 Å². The predicted octanol–water partition coefficient (Wildman–Crippen LogP) is 2.99. The molecule has 1 spiro atoms. The Balaban J connectivity index is 1.51. The van der Waals surface area contributed by atoms with Gasteiger partial charge in [0.2, 0.25) is 0 Å². The smallest absolute Gasteiger partial charge is 0.159 e. The fourth-order valence-corrected chi connectivity index (χ4v) is 3.78. The Bertz CT molecular complexity index is 561. The lowest BCUT2D eigenvalue weighted by Gasteiger charge is -2.39. The van der Waals surface area contributed by atoms with E-state index in [2.05, 4.69) is 4.90 Å². The molecule has 3 rings (SSSR count). The first kappa shape index (κ1) is 17.7. The number of halogens is 3. The zero-order valence-electron chi connectivity index (χ0n) is 14.1. The molecule has 0 radical (unpaired) electrons. The van der Waals surface area contributed by atoms with Crippen molar-refractivity contribution in [1.29, 1.82) is 0 Å². The molecular formula is C18H25F3N2O. The van der Waals surface area contributed by atoms with Crippen LogP contribution in [0.4, 0.5) is 13.2 Å². The lowest BCUT2D eigenvalue weighted by atomic mass is 9.87. The highest BCUT2D eigenvalue weighted by Gasteiger charge is 2.43. The van der Waals surface area contributed by atoms with Crippen LogP contribution in [0, 0.1) is 11.6 Å². The first-order valence-electron chi connectivity index (χ1n) is 8.58. The van der Waals surface area contributed by atoms with Crippen molar-refractivity contribution in [2.75, 3.05) is 40.0 Å². The monoisotopic (exact) mass is 342 g/mol. The van der Waals surface area contributed by atoms with Crippen LogP contribution in [0.25, 0.3) is 0 Å². The van der Waals surface area contributed by atoms with E-state index in [1.807, 2.05) is 11.9 Å². The summed E-state index contributed by atoms with van der Waals surface area (Å²) in [6.45, 7) is 3.16. The van der Waals surface area contributed by atoms with Crippen LogP contribution in [0.5, 0.6) is 0 Å². The Morgan fingerprint density at radius 1 is 1.25 bits per heavy atom. The second kappa shape index (κ2) is 7.42. The fraction of sp³-hybridized carbons (Fsp3) is 0.667. The fourth-order valence-electron chi connectivity index (χ4n) is 3.78. The van der Waals surface area contributed by atoms with Crippen LogP contribution in [0.2, 0.25) is 0 Å². The second-order valence-corrected chi connectivity index (χ2v) is 7.05. The average molecular weight is 342 g/mol. The number of alkyl halides is 1. The van der Waals surface area contributed by atoms with Gasteiger partial charge in [-0.15, -0.1) is 0 Å². The van der Waals surface area contributed by atoms with Crippen molar-refractivity contribution in [2.45, 2.75) is 37.5 Å². The van der Waals surface area contributed by atoms with Gasteiger partial charge < -0.3 is 4.74 Å². The Labute approximate surface area is 141 Å². The summed E-state index contributed by atoms with van der Waals surface area (Å²) in [4.78, 5) is 4.29. The highest BCUT2D eigenvalue weighted by molar-refractivity contribution is 5.17. The van der Waals surface area contributed by atoms with E-state index in [1.165, 1.54) is 12.1 Å². The molecule has 2 heterocycles. The minimum Gasteiger partial charge on any atom is -0.373 e. The quantitative estimate of drug-likeness (QED) is 0.818. The molecule has 2 saturated heterocycles. The number of hydrogen-bond donors (Lipinski definition) is 0. The van der Waals surface area contributed by atoms with Crippen molar-refractivity contribution < 1.29 is 17.9 Å². The summed E-state index contributed by atoms with van der Waals surface area (Å²) in [6, 6.07) is 4.38. The molecule has 0 aliphatic carbocycles. The van der Waals surface area contributed by atoms with Crippen molar-refractivity contribution >= 4 is 0 Å². The van der Waals surface area contributed by atoms with Crippen molar-refractivity contribution in [3.63, 3.8) is 0 Å². The molecule has 0 N–H and O–H groups in total. The SMILES string of the molecule is CN(CCF)C1COC2(CCN(Cc3ccc(F)c(F)c3)CC2)C1. The Kier molecular flexibility index (Phi) is 5.47. The standard InChI is InChI=1S/C18H25F3N2O/c1-22(9-6-19)15-11-18(24-13-15)4-7-23(8-5-18)12-14-2-3-16(20)17(21)10-14/h2-3,10,15H,4-9,11-13H2,1H3. The summed E-state index contributed by atoms with van der Waals surface area (Å²) < 4.78 is 44.9. The molecule has 1 aromatic carbocycles. The maximum absolute atomic E-state index is 13.3. The average Bonchev–Trinajstić information content (AvgIpc) is 2.98. The van der Waals surface area contributed by atoms with E-state index >= 15 is 0 Å². The van der Waals surface area contributed by atoms with Crippen molar-refractivity contribution in [3.05, 3.63) is 35.4 Å². The summed E-state index contributed by atoms with van der Waals surface area (Å²) >= 11 is 0. The molecule has 1 atom stereocenters. The maximum Gasteiger partial charge on any atom is 0.159 e. The third-order valence-corrected chi connectivity index (χ3v) is 5.41. The highest BCUT2D eigenvalue weighted by atomic mass is 19.2. The number of nitrogens with zero attached hydrogens (tertiary/aromatic N) is 2. The molecule has 1 unspecified atom stereocenters. The molecule has 2 fully saturated rings. The molecule has 0 aromatic heterocycles. The minimum atomic E-state index is -0.806. The summed E-state index contributed by atoms with van der Waals surface area (Å²) in [7, 11) is 1.95. The van der Waals surface area contributed by atoms with Gasteiger partial charge in [0.05, 0.1) is 12.2 Å². The molecule has 24 heavy (non-hydrogen) atoms. The number of benzene rings is 1. The zero-order chi connectivity index (χ0) is 17.2. The van der Waals surface area contributed by atoms with Gasteiger partial charge in [0, 0.05) is 32.2 Å². The van der Waals surface area contributed by atoms with Crippen LogP contribution in [0.15, 0.2) is 18.2 Å². The van der Waals surface area contributed by atoms with Crippen LogP contribution in [0.1, 0.15) is 24.8 Å². The first-order chi connectivity index (χ1) is 11.5. The zero-order valence-corrected chi connectivity index (χ0v) is 14.1. The van der Waals surface area contributed by atoms with E-state index in [-0.39, 0.29) is 12.3 Å². The van der Waals surface area contributed by atoms with Gasteiger partial charge in [-0.25, -0.2) is 13.2 Å². The van der Waals surface area contributed by atoms with E-state index in [4.69, 9.17) is 4.74 Å². The molecule has 0 bridgehead atoms. The summed E-state index contributed by atoms with van der Waals surface area (Å²) in [5, 5.41) is 0. The van der Waals surface area contributed by atoms with Gasteiger partial charge >= 0.3 is 0 Å². The molecule has 134 valence electrons. The van der Waals surface area contributed by atoms with Crippen LogP contribution < -0.4 is 0 Å². The normalized spacial score (nSPS) is 24.1. The number of likely N-dealkylation sites (N-methyl/N-ethyl adjacent to an activating group) is 1. The van der Waals surface area contributed by atoms with Gasteiger partial charge in [-0.2, -0.15) is 0 Å². The van der Waals surface area contributed by atoms with Crippen LogP contribution in [-0.2, 0) is 11.3 Å². The van der Waals surface area contributed by atoms with E-state index in [0.29, 0.717) is 25.7 Å². The van der Waals surface area contributed by atoms with E-state index in [9.17, 15) is 13.2 Å². The molecule has 1 aromatic rings.